The fraction of sp³-hybridized carbons (Fsp3) is 0.941. The molecule has 1 amide bonds. The van der Waals surface area contributed by atoms with Crippen molar-refractivity contribution in [3.8, 4) is 0 Å². The molecule has 2 N–H and O–H groups in total. The fourth-order valence-electron chi connectivity index (χ4n) is 2.39. The molecule has 0 aliphatic carbocycles. The van der Waals surface area contributed by atoms with Gasteiger partial charge in [-0.05, 0) is 19.3 Å². The first-order valence-corrected chi connectivity index (χ1v) is 8.70. The van der Waals surface area contributed by atoms with Gasteiger partial charge in [-0.3, -0.25) is 4.79 Å². The molecule has 0 heterocycles. The smallest absolute Gasteiger partial charge is 0.239 e. The Kier molecular flexibility index (Phi) is 13.9. The molecular weight excluding hydrogens is 264 g/mol. The van der Waals surface area contributed by atoms with Gasteiger partial charge in [0.1, 0.15) is 0 Å². The van der Waals surface area contributed by atoms with E-state index in [9.17, 15) is 4.79 Å². The summed E-state index contributed by atoms with van der Waals surface area (Å²) in [5.41, 5.74) is 5.99. The molecule has 4 nitrogen and oxygen atoms in total. The minimum Gasteiger partial charge on any atom is -0.385 e. The largest absolute Gasteiger partial charge is 0.385 e. The average Bonchev–Trinajstić information content (AvgIpc) is 2.50. The maximum Gasteiger partial charge on any atom is 0.239 e. The molecule has 0 aromatic heterocycles. The number of hydrogen-bond acceptors (Lipinski definition) is 3. The number of ether oxygens (including phenoxy) is 1. The second kappa shape index (κ2) is 14.3. The minimum atomic E-state index is -0.415. The third-order valence-corrected chi connectivity index (χ3v) is 3.83. The van der Waals surface area contributed by atoms with Gasteiger partial charge >= 0.3 is 0 Å². The highest BCUT2D eigenvalue weighted by atomic mass is 16.5. The Morgan fingerprint density at radius 2 is 1.52 bits per heavy atom. The fourth-order valence-corrected chi connectivity index (χ4v) is 2.39. The molecule has 1 atom stereocenters. The lowest BCUT2D eigenvalue weighted by Gasteiger charge is -2.26. The van der Waals surface area contributed by atoms with Crippen molar-refractivity contribution in [3.05, 3.63) is 0 Å². The highest BCUT2D eigenvalue weighted by molar-refractivity contribution is 5.81. The molecule has 0 aromatic rings. The van der Waals surface area contributed by atoms with Gasteiger partial charge in [0.2, 0.25) is 5.91 Å². The molecule has 0 aromatic carbocycles. The number of amides is 1. The van der Waals surface area contributed by atoms with Crippen molar-refractivity contribution in [2.24, 2.45) is 5.73 Å². The number of methoxy groups -OCH3 is 1. The number of rotatable bonds is 14. The summed E-state index contributed by atoms with van der Waals surface area (Å²) in [7, 11) is 1.64. The molecular formula is C17H36N2O2. The summed E-state index contributed by atoms with van der Waals surface area (Å²) in [4.78, 5) is 14.4. The van der Waals surface area contributed by atoms with Crippen molar-refractivity contribution in [1.29, 1.82) is 0 Å². The predicted octanol–water partition coefficient (Wildman–Crippen LogP) is 3.34. The topological polar surface area (TPSA) is 55.6 Å². The molecule has 0 saturated carbocycles. The first kappa shape index (κ1) is 20.4. The number of carbonyl (C=O) groups is 1. The Hall–Kier alpha value is -0.610. The van der Waals surface area contributed by atoms with Crippen LogP contribution in [0.5, 0.6) is 0 Å². The Labute approximate surface area is 131 Å². The van der Waals surface area contributed by atoms with Crippen LogP contribution in [-0.4, -0.2) is 43.7 Å². The maximum absolute atomic E-state index is 12.4. The zero-order valence-electron chi connectivity index (χ0n) is 14.4. The van der Waals surface area contributed by atoms with E-state index >= 15 is 0 Å². The lowest BCUT2D eigenvalue weighted by atomic mass is 10.1. The first-order valence-electron chi connectivity index (χ1n) is 8.70. The van der Waals surface area contributed by atoms with Crippen molar-refractivity contribution in [1.82, 2.24) is 4.90 Å². The Morgan fingerprint density at radius 1 is 1.00 bits per heavy atom. The van der Waals surface area contributed by atoms with E-state index < -0.39 is 6.04 Å². The lowest BCUT2D eigenvalue weighted by Crippen LogP contribution is -2.45. The monoisotopic (exact) mass is 300 g/mol. The van der Waals surface area contributed by atoms with Crippen LogP contribution in [0.1, 0.15) is 71.6 Å². The molecule has 0 fully saturated rings. The van der Waals surface area contributed by atoms with Crippen LogP contribution in [0.2, 0.25) is 0 Å². The molecule has 0 aliphatic heterocycles. The number of hydrogen-bond donors (Lipinski definition) is 1. The first-order chi connectivity index (χ1) is 10.2. The van der Waals surface area contributed by atoms with Crippen LogP contribution in [0, 0.1) is 0 Å². The summed E-state index contributed by atoms with van der Waals surface area (Å²) in [6, 6.07) is -0.415. The summed E-state index contributed by atoms with van der Waals surface area (Å²) in [6.45, 7) is 6.66. The third kappa shape index (κ3) is 10.7. The normalized spacial score (nSPS) is 12.4. The summed E-state index contributed by atoms with van der Waals surface area (Å²) in [5.74, 6) is 0.0973. The molecule has 0 rings (SSSR count). The standard InChI is InChI=1S/C17H36N2O2/c1-4-6-8-10-13-19(14-11-9-7-5-2)17(20)16(18)12-15-21-3/h16H,4-15,18H2,1-3H3. The molecule has 0 radical (unpaired) electrons. The lowest BCUT2D eigenvalue weighted by molar-refractivity contribution is -0.133. The predicted molar refractivity (Wildman–Crippen MR) is 89.3 cm³/mol. The zero-order chi connectivity index (χ0) is 15.9. The second-order valence-electron chi connectivity index (χ2n) is 5.83. The van der Waals surface area contributed by atoms with Crippen molar-refractivity contribution in [2.75, 3.05) is 26.8 Å². The summed E-state index contributed by atoms with van der Waals surface area (Å²) in [5, 5.41) is 0. The van der Waals surface area contributed by atoms with Gasteiger partial charge in [-0.25, -0.2) is 0 Å². The van der Waals surface area contributed by atoms with Crippen LogP contribution < -0.4 is 5.73 Å². The SMILES string of the molecule is CCCCCCN(CCCCCC)C(=O)C(N)CCOC. The summed E-state index contributed by atoms with van der Waals surface area (Å²) in [6.07, 6.45) is 10.1. The zero-order valence-corrected chi connectivity index (χ0v) is 14.4. The van der Waals surface area contributed by atoms with Crippen LogP contribution in [0.25, 0.3) is 0 Å². The van der Waals surface area contributed by atoms with Crippen molar-refractivity contribution >= 4 is 5.91 Å². The molecule has 0 spiro atoms. The van der Waals surface area contributed by atoms with Crippen LogP contribution in [0.15, 0.2) is 0 Å². The number of nitrogens with zero attached hydrogens (tertiary/aromatic N) is 1. The van der Waals surface area contributed by atoms with Gasteiger partial charge in [-0.1, -0.05) is 52.4 Å². The highest BCUT2D eigenvalue weighted by Crippen LogP contribution is 2.07. The van der Waals surface area contributed by atoms with Crippen LogP contribution in [0.3, 0.4) is 0 Å². The molecule has 0 aliphatic rings. The van der Waals surface area contributed by atoms with E-state index in [-0.39, 0.29) is 5.91 Å². The maximum atomic E-state index is 12.4. The summed E-state index contributed by atoms with van der Waals surface area (Å²) < 4.78 is 5.02. The van der Waals surface area contributed by atoms with Gasteiger partial charge in [0.05, 0.1) is 6.04 Å². The Bertz CT molecular complexity index is 235. The van der Waals surface area contributed by atoms with Gasteiger partial charge < -0.3 is 15.4 Å². The van der Waals surface area contributed by atoms with Gasteiger partial charge in [0, 0.05) is 26.8 Å². The van der Waals surface area contributed by atoms with E-state index in [4.69, 9.17) is 10.5 Å². The molecule has 0 bridgehead atoms. The van der Waals surface area contributed by atoms with E-state index in [1.54, 1.807) is 7.11 Å². The van der Waals surface area contributed by atoms with E-state index in [1.807, 2.05) is 4.90 Å². The van der Waals surface area contributed by atoms with E-state index in [2.05, 4.69) is 13.8 Å². The second-order valence-corrected chi connectivity index (χ2v) is 5.83. The highest BCUT2D eigenvalue weighted by Gasteiger charge is 2.20. The Morgan fingerprint density at radius 3 is 1.95 bits per heavy atom. The van der Waals surface area contributed by atoms with E-state index in [0.29, 0.717) is 13.0 Å². The van der Waals surface area contributed by atoms with Crippen LogP contribution in [-0.2, 0) is 9.53 Å². The number of unbranched alkanes of at least 4 members (excludes halogenated alkanes) is 6. The quantitative estimate of drug-likeness (QED) is 0.501. The Balaban J connectivity index is 4.22. The van der Waals surface area contributed by atoms with Crippen LogP contribution >= 0.6 is 0 Å². The van der Waals surface area contributed by atoms with Gasteiger partial charge in [-0.15, -0.1) is 0 Å². The van der Waals surface area contributed by atoms with Crippen LogP contribution in [0.4, 0.5) is 0 Å². The van der Waals surface area contributed by atoms with Crippen molar-refractivity contribution in [2.45, 2.75) is 77.7 Å². The van der Waals surface area contributed by atoms with E-state index in [1.165, 1.54) is 38.5 Å². The summed E-state index contributed by atoms with van der Waals surface area (Å²) >= 11 is 0. The third-order valence-electron chi connectivity index (χ3n) is 3.83. The molecule has 4 heteroatoms. The van der Waals surface area contributed by atoms with Gasteiger partial charge in [0.25, 0.3) is 0 Å². The van der Waals surface area contributed by atoms with Crippen molar-refractivity contribution < 1.29 is 9.53 Å². The van der Waals surface area contributed by atoms with Gasteiger partial charge in [-0.2, -0.15) is 0 Å². The van der Waals surface area contributed by atoms with E-state index in [0.717, 1.165) is 25.9 Å². The molecule has 126 valence electrons. The molecule has 1 unspecified atom stereocenters. The van der Waals surface area contributed by atoms with Crippen molar-refractivity contribution in [3.63, 3.8) is 0 Å². The molecule has 0 saturated heterocycles. The molecule has 21 heavy (non-hydrogen) atoms. The average molecular weight is 300 g/mol. The minimum absolute atomic E-state index is 0.0973. The number of carbonyl (C=O) groups excluding carboxylic acids is 1. The van der Waals surface area contributed by atoms with Gasteiger partial charge in [0.15, 0.2) is 0 Å². The number of nitrogens with two attached hydrogens (primary N) is 1.